The van der Waals surface area contributed by atoms with E-state index < -0.39 is 5.91 Å². The Bertz CT molecular complexity index is 391. The number of nitrogens with one attached hydrogen (secondary N) is 1. The normalized spacial score (nSPS) is 19.6. The van der Waals surface area contributed by atoms with Crippen molar-refractivity contribution in [1.29, 1.82) is 0 Å². The average Bonchev–Trinajstić information content (AvgIpc) is 2.78. The summed E-state index contributed by atoms with van der Waals surface area (Å²) in [6.45, 7) is 1.91. The number of rotatable bonds is 4. The number of carbonyl (C=O) groups excluding carboxylic acids is 1. The maximum atomic E-state index is 10.9. The molecule has 1 amide bonds. The number of amides is 1. The number of hydrogen-bond donors (Lipinski definition) is 2. The Morgan fingerprint density at radius 3 is 3.00 bits per heavy atom. The summed E-state index contributed by atoms with van der Waals surface area (Å²) < 4.78 is 0. The summed E-state index contributed by atoms with van der Waals surface area (Å²) in [6, 6.07) is 3.88. The van der Waals surface area contributed by atoms with E-state index in [0.29, 0.717) is 6.04 Å². The number of anilines is 1. The molecule has 17 heavy (non-hydrogen) atoms. The summed E-state index contributed by atoms with van der Waals surface area (Å²) in [5.41, 5.74) is 5.33. The maximum Gasteiger partial charge on any atom is 0.269 e. The third-order valence-corrected chi connectivity index (χ3v) is 3.01. The molecule has 2 rings (SSSR count). The van der Waals surface area contributed by atoms with Crippen LogP contribution < -0.4 is 16.0 Å². The lowest BCUT2D eigenvalue weighted by Crippen LogP contribution is -2.37. The lowest BCUT2D eigenvalue weighted by Gasteiger charge is -2.24. The highest BCUT2D eigenvalue weighted by atomic mass is 16.1. The maximum absolute atomic E-state index is 10.9. The third-order valence-electron chi connectivity index (χ3n) is 3.01. The first-order chi connectivity index (χ1) is 8.22. The highest BCUT2D eigenvalue weighted by Crippen LogP contribution is 2.22. The molecule has 1 fully saturated rings. The van der Waals surface area contributed by atoms with Crippen molar-refractivity contribution in [3.05, 3.63) is 17.8 Å². The zero-order chi connectivity index (χ0) is 12.3. The summed E-state index contributed by atoms with van der Waals surface area (Å²) in [4.78, 5) is 13.1. The summed E-state index contributed by atoms with van der Waals surface area (Å²) in [7, 11) is 1.94. The Labute approximate surface area is 100 Å². The second kappa shape index (κ2) is 5.09. The fraction of sp³-hybridized carbons (Fsp3) is 0.545. The van der Waals surface area contributed by atoms with Crippen molar-refractivity contribution in [3.8, 4) is 0 Å². The van der Waals surface area contributed by atoms with Crippen molar-refractivity contribution in [2.24, 2.45) is 5.73 Å². The van der Waals surface area contributed by atoms with Gasteiger partial charge in [0.1, 0.15) is 0 Å². The number of primary amides is 1. The molecule has 1 aromatic rings. The van der Waals surface area contributed by atoms with Crippen molar-refractivity contribution in [2.75, 3.05) is 25.0 Å². The van der Waals surface area contributed by atoms with Gasteiger partial charge in [-0.2, -0.15) is 0 Å². The third kappa shape index (κ3) is 2.52. The van der Waals surface area contributed by atoms with Gasteiger partial charge in [0.25, 0.3) is 5.91 Å². The van der Waals surface area contributed by atoms with E-state index in [1.165, 1.54) is 0 Å². The summed E-state index contributed by atoms with van der Waals surface area (Å²) in [5, 5.41) is 11.1. The molecule has 1 unspecified atom stereocenters. The molecular formula is C11H17N5O. The standard InChI is InChI=1S/C11H17N5O/c1-13-7-8-3-2-6-16(8)10-5-4-9(11(12)17)14-15-10/h4-5,8,13H,2-3,6-7H2,1H3,(H2,12,17). The topological polar surface area (TPSA) is 84.1 Å². The van der Waals surface area contributed by atoms with E-state index in [4.69, 9.17) is 5.73 Å². The predicted molar refractivity (Wildman–Crippen MR) is 64.8 cm³/mol. The molecule has 6 nitrogen and oxygen atoms in total. The predicted octanol–water partition coefficient (Wildman–Crippen LogP) is -0.236. The van der Waals surface area contributed by atoms with E-state index in [2.05, 4.69) is 20.4 Å². The van der Waals surface area contributed by atoms with E-state index in [0.717, 1.165) is 31.7 Å². The van der Waals surface area contributed by atoms with Crippen LogP contribution in [0.25, 0.3) is 0 Å². The number of aromatic nitrogens is 2. The fourth-order valence-electron chi connectivity index (χ4n) is 2.19. The minimum Gasteiger partial charge on any atom is -0.364 e. The molecule has 1 aromatic heterocycles. The highest BCUT2D eigenvalue weighted by molar-refractivity contribution is 5.90. The Morgan fingerprint density at radius 2 is 2.41 bits per heavy atom. The van der Waals surface area contributed by atoms with E-state index >= 15 is 0 Å². The molecule has 0 spiro atoms. The van der Waals surface area contributed by atoms with Crippen LogP contribution in [0.4, 0.5) is 5.82 Å². The number of likely N-dealkylation sites (N-methyl/N-ethyl adjacent to an activating group) is 1. The van der Waals surface area contributed by atoms with Crippen LogP contribution >= 0.6 is 0 Å². The highest BCUT2D eigenvalue weighted by Gasteiger charge is 2.25. The van der Waals surface area contributed by atoms with Crippen LogP contribution in [0.15, 0.2) is 12.1 Å². The zero-order valence-corrected chi connectivity index (χ0v) is 9.89. The quantitative estimate of drug-likeness (QED) is 0.752. The Hall–Kier alpha value is -1.69. The van der Waals surface area contributed by atoms with Crippen LogP contribution in [-0.4, -0.2) is 42.3 Å². The molecule has 3 N–H and O–H groups in total. The van der Waals surface area contributed by atoms with Crippen LogP contribution in [0.1, 0.15) is 23.3 Å². The van der Waals surface area contributed by atoms with Gasteiger partial charge in [-0.25, -0.2) is 0 Å². The zero-order valence-electron chi connectivity index (χ0n) is 9.89. The fourth-order valence-corrected chi connectivity index (χ4v) is 2.19. The van der Waals surface area contributed by atoms with Crippen LogP contribution in [-0.2, 0) is 0 Å². The van der Waals surface area contributed by atoms with Gasteiger partial charge in [0.15, 0.2) is 11.5 Å². The minimum absolute atomic E-state index is 0.207. The van der Waals surface area contributed by atoms with Crippen molar-refractivity contribution < 1.29 is 4.79 Å². The molecule has 1 aliphatic rings. The molecule has 6 heteroatoms. The van der Waals surface area contributed by atoms with E-state index in [1.54, 1.807) is 12.1 Å². The van der Waals surface area contributed by atoms with Gasteiger partial charge in [0.05, 0.1) is 0 Å². The molecule has 1 aliphatic heterocycles. The Balaban J connectivity index is 2.13. The second-order valence-corrected chi connectivity index (χ2v) is 4.19. The Kier molecular flexibility index (Phi) is 3.53. The average molecular weight is 235 g/mol. The van der Waals surface area contributed by atoms with Gasteiger partial charge in [0.2, 0.25) is 0 Å². The van der Waals surface area contributed by atoms with Crippen molar-refractivity contribution in [3.63, 3.8) is 0 Å². The van der Waals surface area contributed by atoms with Crippen LogP contribution in [0, 0.1) is 0 Å². The molecule has 2 heterocycles. The second-order valence-electron chi connectivity index (χ2n) is 4.19. The van der Waals surface area contributed by atoms with Gasteiger partial charge in [-0.05, 0) is 32.0 Å². The summed E-state index contributed by atoms with van der Waals surface area (Å²) >= 11 is 0. The van der Waals surface area contributed by atoms with E-state index in [9.17, 15) is 4.79 Å². The van der Waals surface area contributed by atoms with Gasteiger partial charge in [-0.3, -0.25) is 4.79 Å². The van der Waals surface area contributed by atoms with E-state index in [1.807, 2.05) is 7.05 Å². The molecular weight excluding hydrogens is 218 g/mol. The monoisotopic (exact) mass is 235 g/mol. The first kappa shape index (κ1) is 11.8. The minimum atomic E-state index is -0.544. The van der Waals surface area contributed by atoms with Gasteiger partial charge >= 0.3 is 0 Å². The van der Waals surface area contributed by atoms with Crippen molar-refractivity contribution >= 4 is 11.7 Å². The molecule has 0 radical (unpaired) electrons. The van der Waals surface area contributed by atoms with Gasteiger partial charge in [-0.15, -0.1) is 10.2 Å². The van der Waals surface area contributed by atoms with Crippen molar-refractivity contribution in [1.82, 2.24) is 15.5 Å². The molecule has 0 aromatic carbocycles. The lowest BCUT2D eigenvalue weighted by atomic mass is 10.2. The summed E-state index contributed by atoms with van der Waals surface area (Å²) in [5.74, 6) is 0.269. The van der Waals surface area contributed by atoms with Crippen LogP contribution in [0.5, 0.6) is 0 Å². The molecule has 0 saturated carbocycles. The molecule has 0 bridgehead atoms. The number of nitrogens with two attached hydrogens (primary N) is 1. The molecule has 1 saturated heterocycles. The van der Waals surface area contributed by atoms with Gasteiger partial charge in [0, 0.05) is 19.1 Å². The SMILES string of the molecule is CNCC1CCCN1c1ccc(C(N)=O)nn1. The van der Waals surface area contributed by atoms with Gasteiger partial charge in [-0.1, -0.05) is 0 Å². The largest absolute Gasteiger partial charge is 0.364 e. The molecule has 92 valence electrons. The first-order valence-electron chi connectivity index (χ1n) is 5.77. The smallest absolute Gasteiger partial charge is 0.269 e. The van der Waals surface area contributed by atoms with Crippen LogP contribution in [0.3, 0.4) is 0 Å². The van der Waals surface area contributed by atoms with Crippen molar-refractivity contribution in [2.45, 2.75) is 18.9 Å². The number of carbonyl (C=O) groups is 1. The summed E-state index contributed by atoms with van der Waals surface area (Å²) in [6.07, 6.45) is 2.31. The first-order valence-corrected chi connectivity index (χ1v) is 5.77. The lowest BCUT2D eigenvalue weighted by molar-refractivity contribution is 0.0994. The number of hydrogen-bond acceptors (Lipinski definition) is 5. The molecule has 1 atom stereocenters. The Morgan fingerprint density at radius 1 is 1.59 bits per heavy atom. The van der Waals surface area contributed by atoms with Crippen LogP contribution in [0.2, 0.25) is 0 Å². The van der Waals surface area contributed by atoms with Gasteiger partial charge < -0.3 is 16.0 Å². The van der Waals surface area contributed by atoms with E-state index in [-0.39, 0.29) is 5.69 Å². The molecule has 0 aliphatic carbocycles. The number of nitrogens with zero attached hydrogens (tertiary/aromatic N) is 3.